The van der Waals surface area contributed by atoms with Gasteiger partial charge in [-0.15, -0.1) is 0 Å². The number of rotatable bonds is 2. The summed E-state index contributed by atoms with van der Waals surface area (Å²) in [5.74, 6) is -2.27. The SMILES string of the molecule is O=C(c1ccc(F)c(F)c1)N1CCC(C(=O)N2CCc3ccccc3C2)CC1. The smallest absolute Gasteiger partial charge is 0.253 e. The molecule has 2 amide bonds. The second-order valence-corrected chi connectivity index (χ2v) is 7.47. The molecule has 0 atom stereocenters. The number of fused-ring (bicyclic) bond motifs is 1. The third kappa shape index (κ3) is 3.63. The van der Waals surface area contributed by atoms with Crippen molar-refractivity contribution in [3.63, 3.8) is 0 Å². The van der Waals surface area contributed by atoms with Gasteiger partial charge in [0.05, 0.1) is 0 Å². The molecular formula is C22H22F2N2O2. The van der Waals surface area contributed by atoms with Gasteiger partial charge in [-0.2, -0.15) is 0 Å². The van der Waals surface area contributed by atoms with Crippen LogP contribution >= 0.6 is 0 Å². The zero-order valence-corrected chi connectivity index (χ0v) is 15.5. The number of halogens is 2. The lowest BCUT2D eigenvalue weighted by Gasteiger charge is -2.36. The highest BCUT2D eigenvalue weighted by Gasteiger charge is 2.32. The molecule has 0 saturated carbocycles. The maximum atomic E-state index is 13.4. The fraction of sp³-hybridized carbons (Fsp3) is 0.364. The van der Waals surface area contributed by atoms with E-state index in [2.05, 4.69) is 12.1 Å². The van der Waals surface area contributed by atoms with E-state index in [1.165, 1.54) is 17.2 Å². The van der Waals surface area contributed by atoms with Crippen molar-refractivity contribution in [2.75, 3.05) is 19.6 Å². The number of hydrogen-bond acceptors (Lipinski definition) is 2. The molecule has 0 aliphatic carbocycles. The summed E-state index contributed by atoms with van der Waals surface area (Å²) in [5, 5.41) is 0. The zero-order chi connectivity index (χ0) is 19.7. The second-order valence-electron chi connectivity index (χ2n) is 7.47. The summed E-state index contributed by atoms with van der Waals surface area (Å²) in [4.78, 5) is 29.0. The van der Waals surface area contributed by atoms with Crippen LogP contribution in [0.4, 0.5) is 8.78 Å². The third-order valence-electron chi connectivity index (χ3n) is 5.74. The van der Waals surface area contributed by atoms with Crippen molar-refractivity contribution in [3.05, 3.63) is 70.8 Å². The molecular weight excluding hydrogens is 362 g/mol. The van der Waals surface area contributed by atoms with Crippen molar-refractivity contribution in [1.29, 1.82) is 0 Å². The molecule has 6 heteroatoms. The summed E-state index contributed by atoms with van der Waals surface area (Å²) in [7, 11) is 0. The summed E-state index contributed by atoms with van der Waals surface area (Å²) in [6, 6.07) is 11.4. The van der Waals surface area contributed by atoms with Gasteiger partial charge in [-0.05, 0) is 48.6 Å². The summed E-state index contributed by atoms with van der Waals surface area (Å²) in [6.07, 6.45) is 2.05. The molecule has 0 aromatic heterocycles. The van der Waals surface area contributed by atoms with Crippen molar-refractivity contribution in [1.82, 2.24) is 9.80 Å². The monoisotopic (exact) mass is 384 g/mol. The Morgan fingerprint density at radius 1 is 0.857 bits per heavy atom. The predicted molar refractivity (Wildman–Crippen MR) is 101 cm³/mol. The highest BCUT2D eigenvalue weighted by Crippen LogP contribution is 2.25. The van der Waals surface area contributed by atoms with Gasteiger partial charge in [-0.25, -0.2) is 8.78 Å². The fourth-order valence-corrected chi connectivity index (χ4v) is 4.08. The van der Waals surface area contributed by atoms with Crippen LogP contribution in [0.1, 0.15) is 34.3 Å². The number of benzene rings is 2. The minimum atomic E-state index is -1.03. The lowest BCUT2D eigenvalue weighted by Crippen LogP contribution is -2.45. The van der Waals surface area contributed by atoms with Crippen LogP contribution in [0.25, 0.3) is 0 Å². The molecule has 28 heavy (non-hydrogen) atoms. The Morgan fingerprint density at radius 3 is 2.29 bits per heavy atom. The standard InChI is InChI=1S/C22H22F2N2O2/c23-19-6-5-17(13-20(19)24)22(28)25-10-8-16(9-11-25)21(27)26-12-7-15-3-1-2-4-18(15)14-26/h1-6,13,16H,7-12,14H2. The Bertz CT molecular complexity index is 907. The molecule has 4 nitrogen and oxygen atoms in total. The number of carbonyl (C=O) groups is 2. The molecule has 0 radical (unpaired) electrons. The van der Waals surface area contributed by atoms with Crippen molar-refractivity contribution in [2.45, 2.75) is 25.8 Å². The Kier molecular flexibility index (Phi) is 5.11. The lowest BCUT2D eigenvalue weighted by molar-refractivity contribution is -0.137. The molecule has 4 rings (SSSR count). The van der Waals surface area contributed by atoms with Crippen LogP contribution in [0.15, 0.2) is 42.5 Å². The second kappa shape index (κ2) is 7.70. The van der Waals surface area contributed by atoms with Gasteiger partial charge in [0, 0.05) is 37.7 Å². The molecule has 1 fully saturated rings. The minimum absolute atomic E-state index is 0.0979. The molecule has 0 unspecified atom stereocenters. The maximum Gasteiger partial charge on any atom is 0.253 e. The maximum absolute atomic E-state index is 13.4. The molecule has 0 spiro atoms. The van der Waals surface area contributed by atoms with Crippen molar-refractivity contribution < 1.29 is 18.4 Å². The van der Waals surface area contributed by atoms with Gasteiger partial charge in [0.1, 0.15) is 0 Å². The van der Waals surface area contributed by atoms with Gasteiger partial charge < -0.3 is 9.80 Å². The van der Waals surface area contributed by atoms with Crippen molar-refractivity contribution in [2.24, 2.45) is 5.92 Å². The van der Waals surface area contributed by atoms with Gasteiger partial charge in [-0.3, -0.25) is 9.59 Å². The summed E-state index contributed by atoms with van der Waals surface area (Å²) < 4.78 is 26.5. The first kappa shape index (κ1) is 18.6. The van der Waals surface area contributed by atoms with E-state index in [-0.39, 0.29) is 23.3 Å². The molecule has 2 heterocycles. The van der Waals surface area contributed by atoms with Gasteiger partial charge in [-0.1, -0.05) is 24.3 Å². The molecule has 2 aromatic rings. The van der Waals surface area contributed by atoms with Gasteiger partial charge in [0.2, 0.25) is 5.91 Å². The Hall–Kier alpha value is -2.76. The van der Waals surface area contributed by atoms with E-state index in [9.17, 15) is 18.4 Å². The van der Waals surface area contributed by atoms with E-state index in [1.54, 1.807) is 4.90 Å². The van der Waals surface area contributed by atoms with Crippen molar-refractivity contribution in [3.8, 4) is 0 Å². The average molecular weight is 384 g/mol. The molecule has 2 aliphatic heterocycles. The van der Waals surface area contributed by atoms with Gasteiger partial charge in [0.15, 0.2) is 11.6 Å². The van der Waals surface area contributed by atoms with E-state index >= 15 is 0 Å². The normalized spacial score (nSPS) is 17.4. The van der Waals surface area contributed by atoms with Crippen LogP contribution in [0, 0.1) is 17.6 Å². The number of likely N-dealkylation sites (tertiary alicyclic amines) is 1. The Morgan fingerprint density at radius 2 is 1.57 bits per heavy atom. The van der Waals surface area contributed by atoms with Crippen LogP contribution in [-0.2, 0) is 17.8 Å². The Balaban J connectivity index is 1.35. The zero-order valence-electron chi connectivity index (χ0n) is 15.5. The quantitative estimate of drug-likeness (QED) is 0.796. The number of piperidine rings is 1. The average Bonchev–Trinajstić information content (AvgIpc) is 2.74. The molecule has 2 aromatic carbocycles. The van der Waals surface area contributed by atoms with E-state index in [0.717, 1.165) is 25.1 Å². The number of nitrogens with zero attached hydrogens (tertiary/aromatic N) is 2. The van der Waals surface area contributed by atoms with Gasteiger partial charge >= 0.3 is 0 Å². The third-order valence-corrected chi connectivity index (χ3v) is 5.74. The van der Waals surface area contributed by atoms with E-state index in [0.29, 0.717) is 32.5 Å². The number of amides is 2. The summed E-state index contributed by atoms with van der Waals surface area (Å²) in [6.45, 7) is 2.25. The lowest BCUT2D eigenvalue weighted by atomic mass is 9.92. The topological polar surface area (TPSA) is 40.6 Å². The van der Waals surface area contributed by atoms with Gasteiger partial charge in [0.25, 0.3) is 5.91 Å². The summed E-state index contributed by atoms with van der Waals surface area (Å²) in [5.41, 5.74) is 2.64. The minimum Gasteiger partial charge on any atom is -0.339 e. The number of hydrogen-bond donors (Lipinski definition) is 0. The first-order chi connectivity index (χ1) is 13.5. The van der Waals surface area contributed by atoms with Crippen LogP contribution in [0.3, 0.4) is 0 Å². The predicted octanol–water partition coefficient (Wildman–Crippen LogP) is 3.40. The van der Waals surface area contributed by atoms with Crippen LogP contribution < -0.4 is 0 Å². The summed E-state index contributed by atoms with van der Waals surface area (Å²) >= 11 is 0. The molecule has 1 saturated heterocycles. The van der Waals surface area contributed by atoms with E-state index in [1.807, 2.05) is 17.0 Å². The van der Waals surface area contributed by atoms with Crippen LogP contribution in [0.5, 0.6) is 0 Å². The molecule has 0 bridgehead atoms. The van der Waals surface area contributed by atoms with Crippen LogP contribution in [-0.4, -0.2) is 41.2 Å². The molecule has 2 aliphatic rings. The molecule has 146 valence electrons. The first-order valence-electron chi connectivity index (χ1n) is 9.63. The molecule has 0 N–H and O–H groups in total. The first-order valence-corrected chi connectivity index (χ1v) is 9.63. The fourth-order valence-electron chi connectivity index (χ4n) is 4.08. The van der Waals surface area contributed by atoms with Crippen molar-refractivity contribution >= 4 is 11.8 Å². The van der Waals surface area contributed by atoms with E-state index < -0.39 is 11.6 Å². The van der Waals surface area contributed by atoms with E-state index in [4.69, 9.17) is 0 Å². The van der Waals surface area contributed by atoms with Crippen LogP contribution in [0.2, 0.25) is 0 Å². The Labute approximate surface area is 162 Å². The largest absolute Gasteiger partial charge is 0.339 e. The highest BCUT2D eigenvalue weighted by atomic mass is 19.2. The number of carbonyl (C=O) groups excluding carboxylic acids is 2. The highest BCUT2D eigenvalue weighted by molar-refractivity contribution is 5.94.